The van der Waals surface area contributed by atoms with Crippen LogP contribution in [0.4, 0.5) is 0 Å². The van der Waals surface area contributed by atoms with Crippen molar-refractivity contribution >= 4 is 28.9 Å². The fraction of sp³-hybridized carbons (Fsp3) is 0.500. The van der Waals surface area contributed by atoms with Crippen LogP contribution in [0.5, 0.6) is 0 Å². The van der Waals surface area contributed by atoms with E-state index in [2.05, 4.69) is 0 Å². The summed E-state index contributed by atoms with van der Waals surface area (Å²) in [5.41, 5.74) is 0.966. The zero-order valence-electron chi connectivity index (χ0n) is 11.3. The van der Waals surface area contributed by atoms with Crippen LogP contribution in [0.2, 0.25) is 0 Å². The molecular formula is C14H16N2O3S. The Morgan fingerprint density at radius 2 is 2.10 bits per heavy atom. The first-order valence-electron chi connectivity index (χ1n) is 6.73. The molecule has 0 spiro atoms. The predicted octanol–water partition coefficient (Wildman–Crippen LogP) is 1.07. The van der Waals surface area contributed by atoms with E-state index in [0.717, 1.165) is 10.4 Å². The molecule has 0 aromatic carbocycles. The van der Waals surface area contributed by atoms with Crippen molar-refractivity contribution in [3.63, 3.8) is 0 Å². The zero-order chi connectivity index (χ0) is 14.3. The number of thiophene rings is 1. The highest BCUT2D eigenvalue weighted by Crippen LogP contribution is 2.23. The largest absolute Gasteiger partial charge is 0.334 e. The summed E-state index contributed by atoms with van der Waals surface area (Å²) in [5.74, 6) is 0.0852. The lowest BCUT2D eigenvalue weighted by molar-refractivity contribution is -0.147. The number of Topliss-reactive ketones (excluding diaryl/α,β-unsaturated/α-hetero) is 1. The molecule has 2 aliphatic heterocycles. The number of piperidine rings is 1. The Labute approximate surface area is 121 Å². The standard InChI is InChI=1S/C14H16N2O3S/c1-9-4-7-20-13(9)14(19)15-5-6-16-10(8-15)11(17)2-3-12(16)18/h4,7,10H,2-3,5-6,8H2,1H3. The van der Waals surface area contributed by atoms with Gasteiger partial charge in [-0.15, -0.1) is 11.3 Å². The van der Waals surface area contributed by atoms with Crippen molar-refractivity contribution < 1.29 is 14.4 Å². The number of aryl methyl sites for hydroxylation is 1. The first-order valence-corrected chi connectivity index (χ1v) is 7.61. The number of ketones is 1. The molecule has 2 aliphatic rings. The normalized spacial score (nSPS) is 22.9. The van der Waals surface area contributed by atoms with Crippen LogP contribution >= 0.6 is 11.3 Å². The van der Waals surface area contributed by atoms with Gasteiger partial charge in [-0.2, -0.15) is 0 Å². The van der Waals surface area contributed by atoms with Gasteiger partial charge in [-0.1, -0.05) is 0 Å². The van der Waals surface area contributed by atoms with Gasteiger partial charge in [0.05, 0.1) is 4.88 Å². The molecule has 1 aromatic rings. The maximum absolute atomic E-state index is 12.5. The Morgan fingerprint density at radius 3 is 2.80 bits per heavy atom. The molecule has 0 aliphatic carbocycles. The third-order valence-corrected chi connectivity index (χ3v) is 5.01. The van der Waals surface area contributed by atoms with Crippen LogP contribution in [-0.4, -0.2) is 53.1 Å². The van der Waals surface area contributed by atoms with Crippen molar-refractivity contribution in [2.45, 2.75) is 25.8 Å². The SMILES string of the molecule is Cc1ccsc1C(=O)N1CCN2C(=O)CCC(=O)C2C1. The van der Waals surface area contributed by atoms with Crippen LogP contribution in [0, 0.1) is 6.92 Å². The quantitative estimate of drug-likeness (QED) is 0.778. The van der Waals surface area contributed by atoms with Gasteiger partial charge in [0.1, 0.15) is 6.04 Å². The van der Waals surface area contributed by atoms with Crippen molar-refractivity contribution in [2.75, 3.05) is 19.6 Å². The molecule has 1 atom stereocenters. The molecule has 0 radical (unpaired) electrons. The molecule has 5 nitrogen and oxygen atoms in total. The minimum Gasteiger partial charge on any atom is -0.334 e. The number of nitrogens with zero attached hydrogens (tertiary/aromatic N) is 2. The predicted molar refractivity (Wildman–Crippen MR) is 74.7 cm³/mol. The second-order valence-electron chi connectivity index (χ2n) is 5.25. The highest BCUT2D eigenvalue weighted by Gasteiger charge is 2.40. The summed E-state index contributed by atoms with van der Waals surface area (Å²) in [7, 11) is 0. The van der Waals surface area contributed by atoms with Gasteiger partial charge in [-0.25, -0.2) is 0 Å². The van der Waals surface area contributed by atoms with Gasteiger partial charge in [0.2, 0.25) is 5.91 Å². The summed E-state index contributed by atoms with van der Waals surface area (Å²) in [5, 5.41) is 1.90. The minimum absolute atomic E-state index is 0.0250. The van der Waals surface area contributed by atoms with E-state index in [1.54, 1.807) is 9.80 Å². The van der Waals surface area contributed by atoms with Gasteiger partial charge in [0.15, 0.2) is 5.78 Å². The fourth-order valence-electron chi connectivity index (χ4n) is 2.82. The first-order chi connectivity index (χ1) is 9.58. The highest BCUT2D eigenvalue weighted by molar-refractivity contribution is 7.12. The number of amides is 2. The van der Waals surface area contributed by atoms with E-state index in [4.69, 9.17) is 0 Å². The molecule has 1 unspecified atom stereocenters. The smallest absolute Gasteiger partial charge is 0.264 e. The molecule has 0 saturated carbocycles. The average Bonchev–Trinajstić information content (AvgIpc) is 2.88. The molecule has 2 saturated heterocycles. The van der Waals surface area contributed by atoms with E-state index in [1.165, 1.54) is 11.3 Å². The van der Waals surface area contributed by atoms with Crippen LogP contribution in [0.1, 0.15) is 28.1 Å². The Morgan fingerprint density at radius 1 is 1.30 bits per heavy atom. The number of hydrogen-bond acceptors (Lipinski definition) is 4. The van der Waals surface area contributed by atoms with Gasteiger partial charge in [-0.05, 0) is 23.9 Å². The van der Waals surface area contributed by atoms with Gasteiger partial charge < -0.3 is 9.80 Å². The monoisotopic (exact) mass is 292 g/mol. The van der Waals surface area contributed by atoms with Crippen LogP contribution in [0.25, 0.3) is 0 Å². The van der Waals surface area contributed by atoms with Gasteiger partial charge in [-0.3, -0.25) is 14.4 Å². The maximum atomic E-state index is 12.5. The van der Waals surface area contributed by atoms with Gasteiger partial charge >= 0.3 is 0 Å². The lowest BCUT2D eigenvalue weighted by Crippen LogP contribution is -2.61. The van der Waals surface area contributed by atoms with E-state index in [0.29, 0.717) is 32.5 Å². The third kappa shape index (κ3) is 2.14. The molecule has 106 valence electrons. The topological polar surface area (TPSA) is 57.7 Å². The Hall–Kier alpha value is -1.69. The molecule has 3 heterocycles. The molecule has 2 fully saturated rings. The first kappa shape index (κ1) is 13.3. The average molecular weight is 292 g/mol. The lowest BCUT2D eigenvalue weighted by Gasteiger charge is -2.42. The van der Waals surface area contributed by atoms with Crippen molar-refractivity contribution in [3.05, 3.63) is 21.9 Å². The molecular weight excluding hydrogens is 276 g/mol. The third-order valence-electron chi connectivity index (χ3n) is 4.00. The number of carbonyl (C=O) groups excluding carboxylic acids is 3. The molecule has 0 N–H and O–H groups in total. The molecule has 3 rings (SSSR count). The van der Waals surface area contributed by atoms with Crippen molar-refractivity contribution in [1.29, 1.82) is 0 Å². The molecule has 6 heteroatoms. The number of fused-ring (bicyclic) bond motifs is 1. The summed E-state index contributed by atoms with van der Waals surface area (Å²) >= 11 is 1.43. The zero-order valence-corrected chi connectivity index (χ0v) is 12.1. The van der Waals surface area contributed by atoms with Crippen LogP contribution in [0.3, 0.4) is 0 Å². The molecule has 2 amide bonds. The highest BCUT2D eigenvalue weighted by atomic mass is 32.1. The number of hydrogen-bond donors (Lipinski definition) is 0. The Bertz CT molecular complexity index is 581. The number of rotatable bonds is 1. The van der Waals surface area contributed by atoms with E-state index < -0.39 is 6.04 Å². The van der Waals surface area contributed by atoms with E-state index >= 15 is 0 Å². The second kappa shape index (κ2) is 5.01. The number of piperazine rings is 1. The van der Waals surface area contributed by atoms with Crippen LogP contribution in [-0.2, 0) is 9.59 Å². The molecule has 0 bridgehead atoms. The van der Waals surface area contributed by atoms with Crippen molar-refractivity contribution in [2.24, 2.45) is 0 Å². The maximum Gasteiger partial charge on any atom is 0.264 e. The van der Waals surface area contributed by atoms with Crippen LogP contribution in [0.15, 0.2) is 11.4 Å². The minimum atomic E-state index is -0.436. The fourth-order valence-corrected chi connectivity index (χ4v) is 3.71. The lowest BCUT2D eigenvalue weighted by atomic mass is 9.97. The Kier molecular flexibility index (Phi) is 3.33. The summed E-state index contributed by atoms with van der Waals surface area (Å²) < 4.78 is 0. The van der Waals surface area contributed by atoms with E-state index in [1.807, 2.05) is 18.4 Å². The molecule has 1 aromatic heterocycles. The number of carbonyl (C=O) groups is 3. The summed E-state index contributed by atoms with van der Waals surface area (Å²) in [6.45, 7) is 3.22. The van der Waals surface area contributed by atoms with E-state index in [9.17, 15) is 14.4 Å². The van der Waals surface area contributed by atoms with Crippen LogP contribution < -0.4 is 0 Å². The van der Waals surface area contributed by atoms with Gasteiger partial charge in [0, 0.05) is 32.5 Å². The Balaban J connectivity index is 1.78. The second-order valence-corrected chi connectivity index (χ2v) is 6.17. The van der Waals surface area contributed by atoms with Crippen molar-refractivity contribution in [3.8, 4) is 0 Å². The summed E-state index contributed by atoms with van der Waals surface area (Å²) in [4.78, 5) is 40.3. The van der Waals surface area contributed by atoms with E-state index in [-0.39, 0.29) is 17.6 Å². The summed E-state index contributed by atoms with van der Waals surface area (Å²) in [6, 6.07) is 1.48. The van der Waals surface area contributed by atoms with Crippen molar-refractivity contribution in [1.82, 2.24) is 9.80 Å². The van der Waals surface area contributed by atoms with Gasteiger partial charge in [0.25, 0.3) is 5.91 Å². The summed E-state index contributed by atoms with van der Waals surface area (Å²) in [6.07, 6.45) is 0.618. The molecule has 20 heavy (non-hydrogen) atoms.